The quantitative estimate of drug-likeness (QED) is 0.790. The maximum atomic E-state index is 13.6. The van der Waals surface area contributed by atoms with Crippen molar-refractivity contribution in [2.45, 2.75) is 85.4 Å². The van der Waals surface area contributed by atoms with Crippen molar-refractivity contribution in [1.82, 2.24) is 0 Å². The zero-order valence-corrected chi connectivity index (χ0v) is 18.2. The highest BCUT2D eigenvalue weighted by Crippen LogP contribution is 2.67. The van der Waals surface area contributed by atoms with Crippen LogP contribution in [0.15, 0.2) is 0 Å². The summed E-state index contributed by atoms with van der Waals surface area (Å²) in [6, 6.07) is 0. The minimum absolute atomic E-state index is 0.0253. The van der Waals surface area contributed by atoms with Gasteiger partial charge in [-0.2, -0.15) is 0 Å². The molecular weight excluding hydrogens is 352 g/mol. The number of fused-ring (bicyclic) bond motifs is 5. The smallest absolute Gasteiger partial charge is 0.137 e. The van der Waals surface area contributed by atoms with Crippen molar-refractivity contribution in [1.29, 1.82) is 0 Å². The molecule has 4 aliphatic carbocycles. The van der Waals surface area contributed by atoms with Crippen LogP contribution in [0.25, 0.3) is 0 Å². The van der Waals surface area contributed by atoms with E-state index in [1.54, 1.807) is 6.92 Å². The molecule has 1 N–H and O–H groups in total. The van der Waals surface area contributed by atoms with Crippen LogP contribution in [-0.2, 0) is 14.3 Å². The fraction of sp³-hybridized carbons (Fsp3) is 0.917. The van der Waals surface area contributed by atoms with Crippen molar-refractivity contribution in [2.24, 2.45) is 46.3 Å². The lowest BCUT2D eigenvalue weighted by molar-refractivity contribution is -0.179. The average molecular weight is 391 g/mol. The SMILES string of the molecule is CCO[C@H]1C[C@@]2(C)[C@@H](CC[C@H]3[C@@H]4C[C@@H](C)[C@H](C(C)=O)[C@@]4(C)CC(=O)[C@@H]32)C[C@@H]1O. The number of Topliss-reactive ketones (excluding diaryl/α,β-unsaturated/α-hetero) is 2. The van der Waals surface area contributed by atoms with Crippen LogP contribution in [0.4, 0.5) is 0 Å². The Kier molecular flexibility index (Phi) is 5.06. The minimum Gasteiger partial charge on any atom is -0.390 e. The molecule has 4 nitrogen and oxygen atoms in total. The highest BCUT2D eigenvalue weighted by molar-refractivity contribution is 5.87. The van der Waals surface area contributed by atoms with E-state index in [1.807, 2.05) is 6.92 Å². The van der Waals surface area contributed by atoms with Crippen molar-refractivity contribution >= 4 is 11.6 Å². The topological polar surface area (TPSA) is 63.6 Å². The van der Waals surface area contributed by atoms with Crippen LogP contribution >= 0.6 is 0 Å². The third-order valence-electron chi connectivity index (χ3n) is 9.51. The molecule has 0 aromatic heterocycles. The lowest BCUT2D eigenvalue weighted by Gasteiger charge is -2.60. The van der Waals surface area contributed by atoms with E-state index in [1.165, 1.54) is 0 Å². The Morgan fingerprint density at radius 2 is 1.93 bits per heavy atom. The molecule has 0 heterocycles. The molecule has 0 aliphatic heterocycles. The summed E-state index contributed by atoms with van der Waals surface area (Å²) < 4.78 is 5.89. The first kappa shape index (κ1) is 20.5. The van der Waals surface area contributed by atoms with Crippen LogP contribution < -0.4 is 0 Å². The van der Waals surface area contributed by atoms with Crippen molar-refractivity contribution in [3.63, 3.8) is 0 Å². The number of hydrogen-bond donors (Lipinski definition) is 1. The third-order valence-corrected chi connectivity index (χ3v) is 9.51. The second kappa shape index (κ2) is 6.91. The van der Waals surface area contributed by atoms with E-state index < -0.39 is 6.10 Å². The Labute approximate surface area is 169 Å². The van der Waals surface area contributed by atoms with Crippen LogP contribution in [0.3, 0.4) is 0 Å². The third kappa shape index (κ3) is 2.77. The summed E-state index contributed by atoms with van der Waals surface area (Å²) in [6.45, 7) is 11.0. The van der Waals surface area contributed by atoms with Gasteiger partial charge in [0.05, 0.1) is 12.2 Å². The zero-order valence-electron chi connectivity index (χ0n) is 18.2. The molecule has 4 aliphatic rings. The summed E-state index contributed by atoms with van der Waals surface area (Å²) in [7, 11) is 0. The molecule has 4 rings (SSSR count). The lowest BCUT2D eigenvalue weighted by Crippen LogP contribution is -2.60. The number of hydrogen-bond acceptors (Lipinski definition) is 4. The van der Waals surface area contributed by atoms with Gasteiger partial charge in [-0.1, -0.05) is 20.8 Å². The fourth-order valence-corrected chi connectivity index (χ4v) is 8.69. The second-order valence-electron chi connectivity index (χ2n) is 11.0. The number of aliphatic hydroxyl groups is 1. The Balaban J connectivity index is 1.68. The molecule has 10 atom stereocenters. The standard InChI is InChI=1S/C24H38O4/c1-6-28-20-12-23(4)15(10-18(20)26)7-8-16-17-9-13(2)21(14(3)25)24(17,5)11-19(27)22(16)23/h13,15-18,20-22,26H,6-12H2,1-5H3/t13-,15+,16+,17+,18+,20+,21-,22-,23+,24+/m1/s1. The average Bonchev–Trinajstić information content (AvgIpc) is 2.85. The van der Waals surface area contributed by atoms with Gasteiger partial charge in [0.2, 0.25) is 0 Å². The monoisotopic (exact) mass is 390 g/mol. The number of carbonyl (C=O) groups excluding carboxylic acids is 2. The Morgan fingerprint density at radius 3 is 2.57 bits per heavy atom. The van der Waals surface area contributed by atoms with Gasteiger partial charge in [0.25, 0.3) is 0 Å². The Bertz CT molecular complexity index is 659. The second-order valence-corrected chi connectivity index (χ2v) is 11.0. The molecule has 158 valence electrons. The molecule has 4 fully saturated rings. The summed E-state index contributed by atoms with van der Waals surface area (Å²) in [4.78, 5) is 26.1. The molecule has 4 heteroatoms. The number of aliphatic hydroxyl groups excluding tert-OH is 1. The van der Waals surface area contributed by atoms with Crippen LogP contribution in [-0.4, -0.2) is 35.5 Å². The van der Waals surface area contributed by atoms with E-state index in [4.69, 9.17) is 4.74 Å². The largest absolute Gasteiger partial charge is 0.390 e. The highest BCUT2D eigenvalue weighted by Gasteiger charge is 2.65. The summed E-state index contributed by atoms with van der Waals surface area (Å²) in [5.74, 6) is 2.36. The lowest BCUT2D eigenvalue weighted by atomic mass is 9.44. The number of ketones is 2. The molecule has 0 radical (unpaired) electrons. The maximum Gasteiger partial charge on any atom is 0.137 e. The van der Waals surface area contributed by atoms with Gasteiger partial charge in [-0.05, 0) is 80.5 Å². The number of ether oxygens (including phenoxy) is 1. The molecule has 0 spiro atoms. The Morgan fingerprint density at radius 1 is 1.21 bits per heavy atom. The van der Waals surface area contributed by atoms with Crippen LogP contribution in [0.2, 0.25) is 0 Å². The van der Waals surface area contributed by atoms with Gasteiger partial charge in [-0.3, -0.25) is 9.59 Å². The molecular formula is C24H38O4. The van der Waals surface area contributed by atoms with Gasteiger partial charge < -0.3 is 9.84 Å². The van der Waals surface area contributed by atoms with E-state index in [9.17, 15) is 14.7 Å². The Hall–Kier alpha value is -0.740. The van der Waals surface area contributed by atoms with Gasteiger partial charge >= 0.3 is 0 Å². The van der Waals surface area contributed by atoms with Crippen LogP contribution in [0, 0.1) is 46.3 Å². The van der Waals surface area contributed by atoms with Crippen molar-refractivity contribution in [2.75, 3.05) is 6.61 Å². The van der Waals surface area contributed by atoms with Gasteiger partial charge in [0, 0.05) is 24.9 Å². The first-order valence-corrected chi connectivity index (χ1v) is 11.5. The molecule has 0 saturated heterocycles. The van der Waals surface area contributed by atoms with E-state index in [2.05, 4.69) is 20.8 Å². The summed E-state index contributed by atoms with van der Waals surface area (Å²) in [6.07, 6.45) is 4.77. The van der Waals surface area contributed by atoms with E-state index in [-0.39, 0.29) is 34.6 Å². The number of carbonyl (C=O) groups is 2. The summed E-state index contributed by atoms with van der Waals surface area (Å²) >= 11 is 0. The maximum absolute atomic E-state index is 13.6. The molecule has 28 heavy (non-hydrogen) atoms. The molecule has 0 aromatic carbocycles. The van der Waals surface area contributed by atoms with Crippen LogP contribution in [0.5, 0.6) is 0 Å². The molecule has 4 saturated carbocycles. The van der Waals surface area contributed by atoms with Crippen LogP contribution in [0.1, 0.15) is 73.1 Å². The molecule has 0 unspecified atom stereocenters. The van der Waals surface area contributed by atoms with E-state index >= 15 is 0 Å². The first-order valence-electron chi connectivity index (χ1n) is 11.5. The molecule has 0 aromatic rings. The van der Waals surface area contributed by atoms with Gasteiger partial charge in [-0.25, -0.2) is 0 Å². The summed E-state index contributed by atoms with van der Waals surface area (Å²) in [5, 5.41) is 10.6. The molecule has 0 amide bonds. The fourth-order valence-electron chi connectivity index (χ4n) is 8.69. The van der Waals surface area contributed by atoms with Gasteiger partial charge in [0.15, 0.2) is 0 Å². The van der Waals surface area contributed by atoms with Gasteiger partial charge in [0.1, 0.15) is 11.6 Å². The normalized spacial score (nSPS) is 53.3. The highest BCUT2D eigenvalue weighted by atomic mass is 16.5. The predicted molar refractivity (Wildman–Crippen MR) is 108 cm³/mol. The zero-order chi connectivity index (χ0) is 20.4. The summed E-state index contributed by atoms with van der Waals surface area (Å²) in [5.41, 5.74) is -0.252. The van der Waals surface area contributed by atoms with E-state index in [0.29, 0.717) is 42.5 Å². The molecule has 0 bridgehead atoms. The minimum atomic E-state index is -0.410. The number of rotatable bonds is 3. The van der Waals surface area contributed by atoms with E-state index in [0.717, 1.165) is 32.1 Å². The van der Waals surface area contributed by atoms with Crippen molar-refractivity contribution in [3.05, 3.63) is 0 Å². The predicted octanol–water partition coefficient (Wildman–Crippen LogP) is 4.04. The van der Waals surface area contributed by atoms with Crippen molar-refractivity contribution in [3.8, 4) is 0 Å². The van der Waals surface area contributed by atoms with Crippen molar-refractivity contribution < 1.29 is 19.4 Å². The first-order chi connectivity index (χ1) is 13.1. The van der Waals surface area contributed by atoms with Gasteiger partial charge in [-0.15, -0.1) is 0 Å².